The van der Waals surface area contributed by atoms with Gasteiger partial charge in [0.05, 0.1) is 23.9 Å². The number of aryl methyl sites for hydroxylation is 1. The van der Waals surface area contributed by atoms with E-state index in [0.717, 1.165) is 0 Å². The monoisotopic (exact) mass is 366 g/mol. The second kappa shape index (κ2) is 8.14. The Hall–Kier alpha value is -3.67. The summed E-state index contributed by atoms with van der Waals surface area (Å²) in [6.45, 7) is 2.41. The first-order valence-corrected chi connectivity index (χ1v) is 8.37. The van der Waals surface area contributed by atoms with Crippen molar-refractivity contribution in [3.05, 3.63) is 58.5 Å². The molecule has 0 spiro atoms. The summed E-state index contributed by atoms with van der Waals surface area (Å²) < 4.78 is 8.19. The van der Waals surface area contributed by atoms with E-state index >= 15 is 0 Å². The lowest BCUT2D eigenvalue weighted by molar-refractivity contribution is -0.121. The number of ether oxygens (including phenoxy) is 1. The van der Waals surface area contributed by atoms with Gasteiger partial charge in [-0.2, -0.15) is 10.4 Å². The third-order valence-electron chi connectivity index (χ3n) is 3.90. The Kier molecular flexibility index (Phi) is 5.47. The number of amides is 1. The summed E-state index contributed by atoms with van der Waals surface area (Å²) in [4.78, 5) is 28.5. The molecule has 3 aromatic rings. The lowest BCUT2D eigenvalue weighted by Crippen LogP contribution is -2.34. The fraction of sp³-hybridized carbons (Fsp3) is 0.278. The molecule has 0 atom stereocenters. The molecular formula is C18H18N6O3. The largest absolute Gasteiger partial charge is 0.493 e. The topological polar surface area (TPSA) is 114 Å². The highest BCUT2D eigenvalue weighted by molar-refractivity contribution is 5.75. The standard InChI is InChI=1S/C18H18N6O3/c1-13-17-18(26)23(12-22-24(17)11-21-13)10-16(25)20-6-3-7-27-15-5-2-4-14(8-15)9-19/h2,4-5,8,11-12H,3,6-7,10H2,1H3,(H,20,25). The van der Waals surface area contributed by atoms with Crippen molar-refractivity contribution in [2.75, 3.05) is 13.2 Å². The molecule has 2 aromatic heterocycles. The molecule has 2 heterocycles. The summed E-state index contributed by atoms with van der Waals surface area (Å²) in [6.07, 6.45) is 3.38. The van der Waals surface area contributed by atoms with Crippen molar-refractivity contribution in [2.45, 2.75) is 19.9 Å². The van der Waals surface area contributed by atoms with Crippen LogP contribution >= 0.6 is 0 Å². The van der Waals surface area contributed by atoms with Crippen LogP contribution in [0, 0.1) is 18.3 Å². The first-order chi connectivity index (χ1) is 13.1. The van der Waals surface area contributed by atoms with Crippen molar-refractivity contribution >= 4 is 11.4 Å². The summed E-state index contributed by atoms with van der Waals surface area (Å²) in [5, 5.41) is 15.7. The van der Waals surface area contributed by atoms with Gasteiger partial charge in [-0.1, -0.05) is 6.07 Å². The minimum absolute atomic E-state index is 0.113. The quantitative estimate of drug-likeness (QED) is 0.614. The average molecular weight is 366 g/mol. The van der Waals surface area contributed by atoms with Gasteiger partial charge in [0.2, 0.25) is 5.91 Å². The molecule has 1 N–H and O–H groups in total. The van der Waals surface area contributed by atoms with Gasteiger partial charge in [-0.3, -0.25) is 14.2 Å². The van der Waals surface area contributed by atoms with E-state index in [9.17, 15) is 9.59 Å². The zero-order valence-corrected chi connectivity index (χ0v) is 14.8. The maximum Gasteiger partial charge on any atom is 0.280 e. The van der Waals surface area contributed by atoms with E-state index in [1.165, 1.54) is 21.7 Å². The van der Waals surface area contributed by atoms with Crippen LogP contribution in [0.1, 0.15) is 17.7 Å². The molecule has 0 aliphatic rings. The van der Waals surface area contributed by atoms with E-state index in [1.54, 1.807) is 31.2 Å². The summed E-state index contributed by atoms with van der Waals surface area (Å²) >= 11 is 0. The van der Waals surface area contributed by atoms with E-state index in [2.05, 4.69) is 15.4 Å². The molecule has 0 radical (unpaired) electrons. The van der Waals surface area contributed by atoms with Gasteiger partial charge in [-0.25, -0.2) is 9.50 Å². The highest BCUT2D eigenvalue weighted by atomic mass is 16.5. The number of carbonyl (C=O) groups is 1. The lowest BCUT2D eigenvalue weighted by atomic mass is 10.2. The Balaban J connectivity index is 1.46. The Morgan fingerprint density at radius 1 is 1.37 bits per heavy atom. The second-order valence-electron chi connectivity index (χ2n) is 5.88. The number of hydrogen-bond donors (Lipinski definition) is 1. The van der Waals surface area contributed by atoms with E-state index in [0.29, 0.717) is 42.1 Å². The SMILES string of the molecule is Cc1ncn2ncn(CC(=O)NCCCOc3cccc(C#N)c3)c(=O)c12. The van der Waals surface area contributed by atoms with Gasteiger partial charge in [-0.05, 0) is 31.5 Å². The number of carbonyl (C=O) groups excluding carboxylic acids is 1. The van der Waals surface area contributed by atoms with Crippen LogP contribution < -0.4 is 15.6 Å². The number of rotatable bonds is 7. The number of aromatic nitrogens is 4. The molecule has 9 heteroatoms. The number of fused-ring (bicyclic) bond motifs is 1. The minimum Gasteiger partial charge on any atom is -0.493 e. The Labute approximate surface area is 154 Å². The molecule has 0 aliphatic carbocycles. The first kappa shape index (κ1) is 18.1. The molecule has 9 nitrogen and oxygen atoms in total. The van der Waals surface area contributed by atoms with Gasteiger partial charge in [0.1, 0.15) is 24.9 Å². The number of hydrogen-bond acceptors (Lipinski definition) is 6. The van der Waals surface area contributed by atoms with Gasteiger partial charge < -0.3 is 10.1 Å². The van der Waals surface area contributed by atoms with Crippen LogP contribution in [-0.4, -0.2) is 38.2 Å². The van der Waals surface area contributed by atoms with Gasteiger partial charge >= 0.3 is 0 Å². The van der Waals surface area contributed by atoms with Crippen molar-refractivity contribution in [1.82, 2.24) is 24.5 Å². The van der Waals surface area contributed by atoms with Gasteiger partial charge in [-0.15, -0.1) is 0 Å². The first-order valence-electron chi connectivity index (χ1n) is 8.37. The fourth-order valence-corrected chi connectivity index (χ4v) is 2.54. The number of nitriles is 1. The average Bonchev–Trinajstić information content (AvgIpc) is 3.05. The zero-order chi connectivity index (χ0) is 19.2. The second-order valence-corrected chi connectivity index (χ2v) is 5.88. The highest BCUT2D eigenvalue weighted by Gasteiger charge is 2.10. The third kappa shape index (κ3) is 4.30. The predicted octanol–water partition coefficient (Wildman–Crippen LogP) is 0.656. The van der Waals surface area contributed by atoms with Crippen molar-refractivity contribution < 1.29 is 9.53 Å². The molecule has 138 valence electrons. The van der Waals surface area contributed by atoms with E-state index < -0.39 is 0 Å². The van der Waals surface area contributed by atoms with Gasteiger partial charge in [0, 0.05) is 6.54 Å². The van der Waals surface area contributed by atoms with Crippen molar-refractivity contribution in [3.8, 4) is 11.8 Å². The Morgan fingerprint density at radius 3 is 3.04 bits per heavy atom. The zero-order valence-electron chi connectivity index (χ0n) is 14.8. The van der Waals surface area contributed by atoms with Crippen molar-refractivity contribution in [3.63, 3.8) is 0 Å². The van der Waals surface area contributed by atoms with E-state index in [-0.39, 0.29) is 18.0 Å². The molecule has 0 saturated carbocycles. The minimum atomic E-state index is -0.309. The van der Waals surface area contributed by atoms with Crippen molar-refractivity contribution in [1.29, 1.82) is 5.26 Å². The molecule has 0 fully saturated rings. The molecule has 0 saturated heterocycles. The summed E-state index contributed by atoms with van der Waals surface area (Å²) in [7, 11) is 0. The van der Waals surface area contributed by atoms with E-state index in [1.807, 2.05) is 6.07 Å². The predicted molar refractivity (Wildman–Crippen MR) is 96.3 cm³/mol. The Bertz CT molecular complexity index is 1060. The number of benzene rings is 1. The molecule has 3 rings (SSSR count). The fourth-order valence-electron chi connectivity index (χ4n) is 2.54. The molecule has 0 aliphatic heterocycles. The smallest absolute Gasteiger partial charge is 0.280 e. The van der Waals surface area contributed by atoms with E-state index in [4.69, 9.17) is 10.00 Å². The van der Waals surface area contributed by atoms with Crippen molar-refractivity contribution in [2.24, 2.45) is 0 Å². The van der Waals surface area contributed by atoms with Gasteiger partial charge in [0.25, 0.3) is 5.56 Å². The molecule has 1 amide bonds. The summed E-state index contributed by atoms with van der Waals surface area (Å²) in [5.74, 6) is 0.328. The normalized spacial score (nSPS) is 10.5. The highest BCUT2D eigenvalue weighted by Crippen LogP contribution is 2.12. The van der Waals surface area contributed by atoms with Gasteiger partial charge in [0.15, 0.2) is 5.52 Å². The summed E-state index contributed by atoms with van der Waals surface area (Å²) in [6, 6.07) is 8.93. The lowest BCUT2D eigenvalue weighted by Gasteiger charge is -2.09. The third-order valence-corrected chi connectivity index (χ3v) is 3.90. The molecule has 0 bridgehead atoms. The number of nitrogens with zero attached hydrogens (tertiary/aromatic N) is 5. The molecule has 1 aromatic carbocycles. The van der Waals surface area contributed by atoms with Crippen LogP contribution in [0.2, 0.25) is 0 Å². The molecule has 0 unspecified atom stereocenters. The number of nitrogens with one attached hydrogen (secondary N) is 1. The van der Waals surface area contributed by atoms with Crippen LogP contribution in [0.25, 0.3) is 5.52 Å². The number of imidazole rings is 1. The maximum absolute atomic E-state index is 12.4. The Morgan fingerprint density at radius 2 is 2.22 bits per heavy atom. The van der Waals surface area contributed by atoms with Crippen LogP contribution in [0.4, 0.5) is 0 Å². The maximum atomic E-state index is 12.4. The summed E-state index contributed by atoms with van der Waals surface area (Å²) in [5.41, 5.74) is 1.15. The van der Waals surface area contributed by atoms with Crippen LogP contribution in [0.15, 0.2) is 41.7 Å². The van der Waals surface area contributed by atoms with Crippen LogP contribution in [0.5, 0.6) is 5.75 Å². The molecule has 27 heavy (non-hydrogen) atoms. The van der Waals surface area contributed by atoms with Crippen LogP contribution in [-0.2, 0) is 11.3 Å². The molecular weight excluding hydrogens is 348 g/mol. The van der Waals surface area contributed by atoms with Crippen LogP contribution in [0.3, 0.4) is 0 Å².